The molecule has 2 heteroatoms. The SMILES string of the molecule is CCC(C)(C)Oc1ccc(C2(c3ccc(OC(C)(C)CC)cc3)CCCCCCCCCCC2)cc1. The topological polar surface area (TPSA) is 18.5 Å². The van der Waals surface area contributed by atoms with Crippen molar-refractivity contribution in [1.29, 1.82) is 0 Å². The van der Waals surface area contributed by atoms with E-state index >= 15 is 0 Å². The first-order valence-corrected chi connectivity index (χ1v) is 14.8. The molecular weight excluding hydrogens is 440 g/mol. The molecule has 0 aromatic heterocycles. The molecule has 3 rings (SSSR count). The van der Waals surface area contributed by atoms with Crippen molar-refractivity contribution >= 4 is 0 Å². The van der Waals surface area contributed by atoms with Crippen molar-refractivity contribution in [3.8, 4) is 11.5 Å². The molecule has 0 unspecified atom stereocenters. The standard InChI is InChI=1S/C34H52O2/c1-7-32(3,4)35-30-22-18-28(19-23-30)34(26-16-14-12-10-9-11-13-15-17-27-34)29-20-24-31(25-21-29)36-33(5,6)8-2/h18-25H,7-17,26-27H2,1-6H3. The van der Waals surface area contributed by atoms with Crippen LogP contribution in [-0.4, -0.2) is 11.2 Å². The molecule has 0 N–H and O–H groups in total. The van der Waals surface area contributed by atoms with Crippen molar-refractivity contribution in [3.05, 3.63) is 59.7 Å². The summed E-state index contributed by atoms with van der Waals surface area (Å²) in [6.07, 6.45) is 16.5. The quantitative estimate of drug-likeness (QED) is 0.365. The Bertz CT molecular complexity index is 816. The van der Waals surface area contributed by atoms with Crippen LogP contribution in [0.5, 0.6) is 11.5 Å². The highest BCUT2D eigenvalue weighted by Crippen LogP contribution is 2.43. The lowest BCUT2D eigenvalue weighted by Crippen LogP contribution is -2.29. The lowest BCUT2D eigenvalue weighted by Gasteiger charge is -2.37. The van der Waals surface area contributed by atoms with Crippen molar-refractivity contribution < 1.29 is 9.47 Å². The predicted molar refractivity (Wildman–Crippen MR) is 154 cm³/mol. The Morgan fingerprint density at radius 3 is 1.14 bits per heavy atom. The van der Waals surface area contributed by atoms with Gasteiger partial charge in [-0.05, 0) is 88.8 Å². The summed E-state index contributed by atoms with van der Waals surface area (Å²) in [4.78, 5) is 0. The molecule has 2 aromatic rings. The zero-order chi connectivity index (χ0) is 26.1. The molecule has 0 spiro atoms. The van der Waals surface area contributed by atoms with Crippen LogP contribution in [0.3, 0.4) is 0 Å². The van der Waals surface area contributed by atoms with Gasteiger partial charge in [0.1, 0.15) is 22.7 Å². The molecule has 1 aliphatic carbocycles. The minimum Gasteiger partial charge on any atom is -0.488 e. The number of benzene rings is 2. The molecule has 0 heterocycles. The van der Waals surface area contributed by atoms with Crippen molar-refractivity contribution in [1.82, 2.24) is 0 Å². The molecule has 200 valence electrons. The summed E-state index contributed by atoms with van der Waals surface area (Å²) in [7, 11) is 0. The average molecular weight is 493 g/mol. The van der Waals surface area contributed by atoms with Crippen LogP contribution in [0, 0.1) is 0 Å². The van der Waals surface area contributed by atoms with Gasteiger partial charge in [0.25, 0.3) is 0 Å². The first-order valence-electron chi connectivity index (χ1n) is 14.8. The largest absolute Gasteiger partial charge is 0.488 e. The van der Waals surface area contributed by atoms with Crippen molar-refractivity contribution in [2.45, 2.75) is 142 Å². The van der Waals surface area contributed by atoms with Gasteiger partial charge in [-0.2, -0.15) is 0 Å². The molecule has 2 nitrogen and oxygen atoms in total. The van der Waals surface area contributed by atoms with Gasteiger partial charge in [0, 0.05) is 5.41 Å². The predicted octanol–water partition coefficient (Wildman–Crippen LogP) is 10.4. The van der Waals surface area contributed by atoms with Gasteiger partial charge in [-0.3, -0.25) is 0 Å². The lowest BCUT2D eigenvalue weighted by molar-refractivity contribution is 0.105. The Kier molecular flexibility index (Phi) is 10.3. The van der Waals surface area contributed by atoms with Crippen LogP contribution >= 0.6 is 0 Å². The van der Waals surface area contributed by atoms with E-state index in [1.165, 1.54) is 81.8 Å². The first kappa shape index (κ1) is 28.6. The number of rotatable bonds is 8. The van der Waals surface area contributed by atoms with Crippen molar-refractivity contribution in [2.24, 2.45) is 0 Å². The van der Waals surface area contributed by atoms with Crippen molar-refractivity contribution in [2.75, 3.05) is 0 Å². The van der Waals surface area contributed by atoms with E-state index in [4.69, 9.17) is 9.47 Å². The monoisotopic (exact) mass is 492 g/mol. The fourth-order valence-corrected chi connectivity index (χ4v) is 5.43. The molecule has 0 atom stereocenters. The third kappa shape index (κ3) is 8.02. The van der Waals surface area contributed by atoms with Crippen LogP contribution < -0.4 is 9.47 Å². The summed E-state index contributed by atoms with van der Waals surface area (Å²) in [5.41, 5.74) is 2.62. The molecule has 36 heavy (non-hydrogen) atoms. The summed E-state index contributed by atoms with van der Waals surface area (Å²) in [5.74, 6) is 1.94. The van der Waals surface area contributed by atoms with E-state index in [0.717, 1.165) is 24.3 Å². The normalized spacial score (nSPS) is 18.1. The van der Waals surface area contributed by atoms with Gasteiger partial charge in [-0.1, -0.05) is 95.9 Å². The highest BCUT2D eigenvalue weighted by molar-refractivity contribution is 5.43. The van der Waals surface area contributed by atoms with Gasteiger partial charge in [0.2, 0.25) is 0 Å². The van der Waals surface area contributed by atoms with Gasteiger partial charge in [0.15, 0.2) is 0 Å². The average Bonchev–Trinajstić information content (AvgIpc) is 2.85. The Hall–Kier alpha value is -1.96. The summed E-state index contributed by atoms with van der Waals surface area (Å²) in [6, 6.07) is 18.2. The van der Waals surface area contributed by atoms with E-state index in [2.05, 4.69) is 90.1 Å². The fourth-order valence-electron chi connectivity index (χ4n) is 5.43. The molecule has 0 amide bonds. The Morgan fingerprint density at radius 2 is 0.833 bits per heavy atom. The number of ether oxygens (including phenoxy) is 2. The fraction of sp³-hybridized carbons (Fsp3) is 0.647. The van der Waals surface area contributed by atoms with E-state index < -0.39 is 0 Å². The zero-order valence-corrected chi connectivity index (χ0v) is 24.1. The minimum absolute atomic E-state index is 0.0385. The van der Waals surface area contributed by atoms with Crippen LogP contribution in [-0.2, 0) is 5.41 Å². The third-order valence-electron chi connectivity index (χ3n) is 8.51. The van der Waals surface area contributed by atoms with E-state index in [0.29, 0.717) is 0 Å². The van der Waals surface area contributed by atoms with Crippen LogP contribution in [0.1, 0.15) is 136 Å². The lowest BCUT2D eigenvalue weighted by atomic mass is 9.67. The van der Waals surface area contributed by atoms with Crippen LogP contribution in [0.25, 0.3) is 0 Å². The maximum absolute atomic E-state index is 6.30. The van der Waals surface area contributed by atoms with Crippen molar-refractivity contribution in [3.63, 3.8) is 0 Å². The molecule has 0 aliphatic heterocycles. The van der Waals surface area contributed by atoms with Gasteiger partial charge in [0.05, 0.1) is 0 Å². The van der Waals surface area contributed by atoms with Crippen LogP contribution in [0.15, 0.2) is 48.5 Å². The minimum atomic E-state index is -0.144. The third-order valence-corrected chi connectivity index (χ3v) is 8.51. The summed E-state index contributed by atoms with van der Waals surface area (Å²) < 4.78 is 12.6. The maximum Gasteiger partial charge on any atom is 0.120 e. The van der Waals surface area contributed by atoms with Gasteiger partial charge in [-0.15, -0.1) is 0 Å². The van der Waals surface area contributed by atoms with E-state index in [1.54, 1.807) is 0 Å². The van der Waals surface area contributed by atoms with Gasteiger partial charge < -0.3 is 9.47 Å². The van der Waals surface area contributed by atoms with E-state index in [9.17, 15) is 0 Å². The van der Waals surface area contributed by atoms with Crippen LogP contribution in [0.2, 0.25) is 0 Å². The Labute approximate surface area is 222 Å². The highest BCUT2D eigenvalue weighted by Gasteiger charge is 2.34. The Balaban J connectivity index is 1.96. The molecule has 0 bridgehead atoms. The maximum atomic E-state index is 6.30. The molecule has 2 aromatic carbocycles. The molecule has 1 saturated carbocycles. The van der Waals surface area contributed by atoms with Gasteiger partial charge in [-0.25, -0.2) is 0 Å². The second-order valence-corrected chi connectivity index (χ2v) is 12.2. The summed E-state index contributed by atoms with van der Waals surface area (Å²) in [6.45, 7) is 13.0. The summed E-state index contributed by atoms with van der Waals surface area (Å²) >= 11 is 0. The smallest absolute Gasteiger partial charge is 0.120 e. The zero-order valence-electron chi connectivity index (χ0n) is 24.1. The molecule has 1 aliphatic rings. The van der Waals surface area contributed by atoms with E-state index in [1.807, 2.05) is 0 Å². The molecule has 0 saturated heterocycles. The summed E-state index contributed by atoms with van der Waals surface area (Å²) in [5, 5.41) is 0. The first-order chi connectivity index (χ1) is 17.2. The highest BCUT2D eigenvalue weighted by atomic mass is 16.5. The molecule has 1 fully saturated rings. The van der Waals surface area contributed by atoms with Crippen LogP contribution in [0.4, 0.5) is 0 Å². The molecule has 0 radical (unpaired) electrons. The number of hydrogen-bond donors (Lipinski definition) is 0. The second kappa shape index (κ2) is 13.0. The molecular formula is C34H52O2. The Morgan fingerprint density at radius 1 is 0.528 bits per heavy atom. The van der Waals surface area contributed by atoms with E-state index in [-0.39, 0.29) is 16.6 Å². The second-order valence-electron chi connectivity index (χ2n) is 12.2. The van der Waals surface area contributed by atoms with Gasteiger partial charge >= 0.3 is 0 Å². The number of hydrogen-bond acceptors (Lipinski definition) is 2.